The van der Waals surface area contributed by atoms with Crippen LogP contribution in [0.4, 0.5) is 0 Å². The molecule has 2 rings (SSSR count). The zero-order valence-corrected chi connectivity index (χ0v) is 11.1. The number of aryl methyl sites for hydroxylation is 2. The van der Waals surface area contributed by atoms with Crippen LogP contribution in [-0.4, -0.2) is 6.10 Å². The summed E-state index contributed by atoms with van der Waals surface area (Å²) in [7, 11) is 0. The Kier molecular flexibility index (Phi) is 4.40. The first-order valence-corrected chi connectivity index (χ1v) is 6.51. The van der Waals surface area contributed by atoms with Gasteiger partial charge in [-0.15, -0.1) is 0 Å². The molecule has 18 heavy (non-hydrogen) atoms. The van der Waals surface area contributed by atoms with Crippen molar-refractivity contribution in [2.75, 3.05) is 0 Å². The number of hydrogen-bond donors (Lipinski definition) is 0. The van der Waals surface area contributed by atoms with Crippen molar-refractivity contribution in [1.29, 1.82) is 0 Å². The molecule has 0 heterocycles. The fraction of sp³-hybridized carbons (Fsp3) is 0.294. The van der Waals surface area contributed by atoms with Crippen LogP contribution in [-0.2, 0) is 6.42 Å². The van der Waals surface area contributed by atoms with Crippen molar-refractivity contribution in [1.82, 2.24) is 0 Å². The molecule has 2 aromatic rings. The third kappa shape index (κ3) is 3.92. The second-order valence-electron chi connectivity index (χ2n) is 4.77. The Morgan fingerprint density at radius 2 is 1.78 bits per heavy atom. The summed E-state index contributed by atoms with van der Waals surface area (Å²) in [5.41, 5.74) is 2.71. The van der Waals surface area contributed by atoms with Gasteiger partial charge in [0.25, 0.3) is 0 Å². The van der Waals surface area contributed by atoms with Crippen LogP contribution in [0, 0.1) is 6.92 Å². The summed E-state index contributed by atoms with van der Waals surface area (Å²) in [5, 5.41) is 0. The predicted molar refractivity (Wildman–Crippen MR) is 76.0 cm³/mol. The van der Waals surface area contributed by atoms with E-state index in [1.807, 2.05) is 30.3 Å². The van der Waals surface area contributed by atoms with Crippen molar-refractivity contribution in [2.45, 2.75) is 32.8 Å². The summed E-state index contributed by atoms with van der Waals surface area (Å²) >= 11 is 0. The first-order chi connectivity index (χ1) is 8.74. The highest BCUT2D eigenvalue weighted by atomic mass is 16.5. The third-order valence-electron chi connectivity index (χ3n) is 3.00. The summed E-state index contributed by atoms with van der Waals surface area (Å²) in [4.78, 5) is 0. The Morgan fingerprint density at radius 3 is 2.50 bits per heavy atom. The lowest BCUT2D eigenvalue weighted by atomic mass is 10.1. The maximum absolute atomic E-state index is 5.87. The standard InChI is InChI=1S/C17H20O/c1-14-7-6-8-16(13-14)12-11-15(2)18-17-9-4-3-5-10-17/h3-10,13,15H,11-12H2,1-2H3. The molecule has 1 nitrogen and oxygen atoms in total. The van der Waals surface area contributed by atoms with Crippen LogP contribution in [0.1, 0.15) is 24.5 Å². The average molecular weight is 240 g/mol. The lowest BCUT2D eigenvalue weighted by Gasteiger charge is -2.14. The van der Waals surface area contributed by atoms with Gasteiger partial charge in [-0.3, -0.25) is 0 Å². The fourth-order valence-corrected chi connectivity index (χ4v) is 2.03. The maximum Gasteiger partial charge on any atom is 0.119 e. The van der Waals surface area contributed by atoms with Gasteiger partial charge in [0, 0.05) is 0 Å². The fourth-order valence-electron chi connectivity index (χ4n) is 2.03. The molecule has 0 aromatic heterocycles. The van der Waals surface area contributed by atoms with Gasteiger partial charge < -0.3 is 4.74 Å². The highest BCUT2D eigenvalue weighted by Crippen LogP contribution is 2.14. The Labute approximate surface area is 109 Å². The van der Waals surface area contributed by atoms with Crippen LogP contribution < -0.4 is 4.74 Å². The van der Waals surface area contributed by atoms with Gasteiger partial charge in [-0.1, -0.05) is 48.0 Å². The Bertz CT molecular complexity index is 476. The molecular formula is C17H20O. The lowest BCUT2D eigenvalue weighted by molar-refractivity contribution is 0.211. The molecule has 0 aliphatic carbocycles. The number of benzene rings is 2. The van der Waals surface area contributed by atoms with E-state index >= 15 is 0 Å². The Morgan fingerprint density at radius 1 is 1.00 bits per heavy atom. The second kappa shape index (κ2) is 6.25. The van der Waals surface area contributed by atoms with Crippen LogP contribution in [0.25, 0.3) is 0 Å². The number of ether oxygens (including phenoxy) is 1. The monoisotopic (exact) mass is 240 g/mol. The highest BCUT2D eigenvalue weighted by molar-refractivity contribution is 5.23. The van der Waals surface area contributed by atoms with Crippen molar-refractivity contribution in [3.05, 3.63) is 65.7 Å². The molecule has 94 valence electrons. The largest absolute Gasteiger partial charge is 0.491 e. The minimum absolute atomic E-state index is 0.243. The van der Waals surface area contributed by atoms with E-state index in [0.29, 0.717) is 0 Å². The topological polar surface area (TPSA) is 9.23 Å². The Hall–Kier alpha value is -1.76. The summed E-state index contributed by atoms with van der Waals surface area (Å²) in [6.07, 6.45) is 2.35. The van der Waals surface area contributed by atoms with Gasteiger partial charge in [-0.05, 0) is 44.4 Å². The van der Waals surface area contributed by atoms with E-state index < -0.39 is 0 Å². The number of rotatable bonds is 5. The third-order valence-corrected chi connectivity index (χ3v) is 3.00. The quantitative estimate of drug-likeness (QED) is 0.753. The normalized spacial score (nSPS) is 12.1. The van der Waals surface area contributed by atoms with Crippen molar-refractivity contribution < 1.29 is 4.74 Å². The molecule has 0 bridgehead atoms. The van der Waals surface area contributed by atoms with E-state index in [4.69, 9.17) is 4.74 Å². The Balaban J connectivity index is 1.83. The predicted octanol–water partition coefficient (Wildman–Crippen LogP) is 4.40. The molecule has 0 radical (unpaired) electrons. The second-order valence-corrected chi connectivity index (χ2v) is 4.77. The lowest BCUT2D eigenvalue weighted by Crippen LogP contribution is -2.12. The molecule has 0 aliphatic rings. The smallest absolute Gasteiger partial charge is 0.119 e. The van der Waals surface area contributed by atoms with Crippen LogP contribution in [0.2, 0.25) is 0 Å². The summed E-state index contributed by atoms with van der Waals surface area (Å²) in [6.45, 7) is 4.26. The van der Waals surface area contributed by atoms with E-state index in [1.165, 1.54) is 11.1 Å². The minimum Gasteiger partial charge on any atom is -0.491 e. The van der Waals surface area contributed by atoms with E-state index in [9.17, 15) is 0 Å². The van der Waals surface area contributed by atoms with Crippen LogP contribution >= 0.6 is 0 Å². The molecule has 1 unspecified atom stereocenters. The SMILES string of the molecule is Cc1cccc(CCC(C)Oc2ccccc2)c1. The van der Waals surface area contributed by atoms with Crippen molar-refractivity contribution in [2.24, 2.45) is 0 Å². The van der Waals surface area contributed by atoms with Gasteiger partial charge in [-0.25, -0.2) is 0 Å². The molecular weight excluding hydrogens is 220 g/mol. The van der Waals surface area contributed by atoms with Crippen LogP contribution in [0.5, 0.6) is 5.75 Å². The maximum atomic E-state index is 5.87. The van der Waals surface area contributed by atoms with Gasteiger partial charge in [0.05, 0.1) is 6.10 Å². The van der Waals surface area contributed by atoms with E-state index in [0.717, 1.165) is 18.6 Å². The first kappa shape index (κ1) is 12.7. The van der Waals surface area contributed by atoms with Gasteiger partial charge in [-0.2, -0.15) is 0 Å². The van der Waals surface area contributed by atoms with Crippen LogP contribution in [0.3, 0.4) is 0 Å². The van der Waals surface area contributed by atoms with Gasteiger partial charge in [0.1, 0.15) is 5.75 Å². The molecule has 0 N–H and O–H groups in total. The first-order valence-electron chi connectivity index (χ1n) is 6.51. The molecule has 0 saturated carbocycles. The summed E-state index contributed by atoms with van der Waals surface area (Å²) in [5.74, 6) is 0.953. The van der Waals surface area contributed by atoms with Gasteiger partial charge >= 0.3 is 0 Å². The zero-order valence-electron chi connectivity index (χ0n) is 11.1. The number of hydrogen-bond acceptors (Lipinski definition) is 1. The van der Waals surface area contributed by atoms with Gasteiger partial charge in [0.2, 0.25) is 0 Å². The van der Waals surface area contributed by atoms with E-state index in [-0.39, 0.29) is 6.10 Å². The van der Waals surface area contributed by atoms with E-state index in [1.54, 1.807) is 0 Å². The van der Waals surface area contributed by atoms with Crippen LogP contribution in [0.15, 0.2) is 54.6 Å². The van der Waals surface area contributed by atoms with Crippen molar-refractivity contribution >= 4 is 0 Å². The van der Waals surface area contributed by atoms with Crippen molar-refractivity contribution in [3.63, 3.8) is 0 Å². The minimum atomic E-state index is 0.243. The van der Waals surface area contributed by atoms with E-state index in [2.05, 4.69) is 38.1 Å². The molecule has 0 aliphatic heterocycles. The molecule has 0 spiro atoms. The molecule has 0 saturated heterocycles. The number of para-hydroxylation sites is 1. The molecule has 1 atom stereocenters. The zero-order chi connectivity index (χ0) is 12.8. The van der Waals surface area contributed by atoms with Crippen molar-refractivity contribution in [3.8, 4) is 5.75 Å². The summed E-state index contributed by atoms with van der Waals surface area (Å²) < 4.78 is 5.87. The molecule has 1 heteroatoms. The highest BCUT2D eigenvalue weighted by Gasteiger charge is 2.04. The molecule has 2 aromatic carbocycles. The van der Waals surface area contributed by atoms with Gasteiger partial charge in [0.15, 0.2) is 0 Å². The molecule has 0 fully saturated rings. The summed E-state index contributed by atoms with van der Waals surface area (Å²) in [6, 6.07) is 18.7. The average Bonchev–Trinajstić information content (AvgIpc) is 2.38. The molecule has 0 amide bonds.